The molecule has 0 amide bonds. The smallest absolute Gasteiger partial charge is 0.186 e. The van der Waals surface area contributed by atoms with Gasteiger partial charge in [0.05, 0.1) is 10.6 Å². The molecule has 3 nitrogen and oxygen atoms in total. The van der Waals surface area contributed by atoms with Crippen LogP contribution in [0.5, 0.6) is 0 Å². The van der Waals surface area contributed by atoms with Gasteiger partial charge in [-0.15, -0.1) is 0 Å². The quantitative estimate of drug-likeness (QED) is 0.807. The van der Waals surface area contributed by atoms with Crippen LogP contribution in [0.25, 0.3) is 11.3 Å². The Kier molecular flexibility index (Phi) is 2.84. The molecule has 2 aliphatic rings. The number of anilines is 1. The van der Waals surface area contributed by atoms with Gasteiger partial charge >= 0.3 is 0 Å². The highest BCUT2D eigenvalue weighted by molar-refractivity contribution is 7.17. The second-order valence-corrected chi connectivity index (χ2v) is 6.69. The van der Waals surface area contributed by atoms with Crippen molar-refractivity contribution >= 4 is 22.8 Å². The number of benzene rings is 1. The molecule has 2 bridgehead atoms. The summed E-state index contributed by atoms with van der Waals surface area (Å²) in [5, 5.41) is 1.03. The molecule has 2 unspecified atom stereocenters. The number of hydrogen-bond acceptors (Lipinski definition) is 4. The topological polar surface area (TPSA) is 33.2 Å². The van der Waals surface area contributed by atoms with Crippen LogP contribution in [0, 0.1) is 5.92 Å². The molecule has 0 spiro atoms. The van der Waals surface area contributed by atoms with Gasteiger partial charge in [0.15, 0.2) is 11.4 Å². The number of carbonyl (C=O) groups is 1. The van der Waals surface area contributed by atoms with E-state index >= 15 is 0 Å². The summed E-state index contributed by atoms with van der Waals surface area (Å²) in [6, 6.07) is 10.6. The van der Waals surface area contributed by atoms with Crippen LogP contribution in [0.1, 0.15) is 28.9 Å². The molecule has 4 rings (SSSR count). The Hall–Kier alpha value is -1.68. The van der Waals surface area contributed by atoms with Gasteiger partial charge in [-0.25, -0.2) is 4.98 Å². The molecule has 4 heteroatoms. The fourth-order valence-corrected chi connectivity index (χ4v) is 4.47. The molecule has 1 aliphatic carbocycles. The van der Waals surface area contributed by atoms with Gasteiger partial charge in [0.1, 0.15) is 0 Å². The molecule has 2 aromatic rings. The molecule has 20 heavy (non-hydrogen) atoms. The van der Waals surface area contributed by atoms with E-state index in [1.54, 1.807) is 0 Å². The summed E-state index contributed by atoms with van der Waals surface area (Å²) in [5.41, 5.74) is 1.87. The number of piperidine rings is 1. The lowest BCUT2D eigenvalue weighted by Crippen LogP contribution is -2.31. The predicted octanol–water partition coefficient (Wildman–Crippen LogP) is 3.61. The number of nitrogens with zero attached hydrogens (tertiary/aromatic N) is 2. The lowest BCUT2D eigenvalue weighted by molar-refractivity contribution is 0.112. The second-order valence-electron chi connectivity index (χ2n) is 5.68. The van der Waals surface area contributed by atoms with E-state index in [2.05, 4.69) is 4.90 Å². The number of thiazole rings is 1. The van der Waals surface area contributed by atoms with Gasteiger partial charge in [0.2, 0.25) is 0 Å². The van der Waals surface area contributed by atoms with E-state index < -0.39 is 0 Å². The van der Waals surface area contributed by atoms with Crippen molar-refractivity contribution in [2.75, 3.05) is 11.4 Å². The van der Waals surface area contributed by atoms with E-state index in [0.29, 0.717) is 6.04 Å². The lowest BCUT2D eigenvalue weighted by Gasteiger charge is -2.26. The Morgan fingerprint density at radius 3 is 2.75 bits per heavy atom. The molecule has 2 heterocycles. The van der Waals surface area contributed by atoms with Gasteiger partial charge in [0, 0.05) is 18.2 Å². The van der Waals surface area contributed by atoms with Crippen LogP contribution in [-0.2, 0) is 0 Å². The molecule has 2 atom stereocenters. The average Bonchev–Trinajstić information content (AvgIpc) is 3.22. The van der Waals surface area contributed by atoms with Crippen molar-refractivity contribution in [2.24, 2.45) is 5.92 Å². The van der Waals surface area contributed by atoms with E-state index in [-0.39, 0.29) is 0 Å². The average molecular weight is 284 g/mol. The number of fused-ring (bicyclic) bond motifs is 2. The zero-order valence-corrected chi connectivity index (χ0v) is 12.0. The van der Waals surface area contributed by atoms with E-state index in [4.69, 9.17) is 4.98 Å². The minimum Gasteiger partial charge on any atom is -0.345 e. The largest absolute Gasteiger partial charge is 0.345 e. The maximum atomic E-state index is 11.3. The summed E-state index contributed by atoms with van der Waals surface area (Å²) in [5.74, 6) is 0.837. The zero-order valence-electron chi connectivity index (χ0n) is 11.2. The van der Waals surface area contributed by atoms with Crippen molar-refractivity contribution < 1.29 is 4.79 Å². The predicted molar refractivity (Wildman–Crippen MR) is 81.4 cm³/mol. The Labute approximate surface area is 122 Å². The van der Waals surface area contributed by atoms with Gasteiger partial charge in [0.25, 0.3) is 0 Å². The minimum atomic E-state index is 0.647. The summed E-state index contributed by atoms with van der Waals surface area (Å²) < 4.78 is 0. The van der Waals surface area contributed by atoms with Gasteiger partial charge in [-0.1, -0.05) is 41.7 Å². The first-order chi connectivity index (χ1) is 9.85. The van der Waals surface area contributed by atoms with Crippen molar-refractivity contribution in [2.45, 2.75) is 25.3 Å². The van der Waals surface area contributed by atoms with Crippen molar-refractivity contribution in [3.05, 3.63) is 35.2 Å². The Bertz CT molecular complexity index is 637. The monoisotopic (exact) mass is 284 g/mol. The van der Waals surface area contributed by atoms with Crippen LogP contribution < -0.4 is 4.90 Å². The van der Waals surface area contributed by atoms with Crippen molar-refractivity contribution in [1.82, 2.24) is 4.98 Å². The molecular formula is C16H16N2OS. The molecular weight excluding hydrogens is 268 g/mol. The van der Waals surface area contributed by atoms with Gasteiger partial charge in [-0.2, -0.15) is 0 Å². The highest BCUT2D eigenvalue weighted by atomic mass is 32.1. The Balaban J connectivity index is 1.73. The summed E-state index contributed by atoms with van der Waals surface area (Å²) in [4.78, 5) is 19.3. The molecule has 102 valence electrons. The van der Waals surface area contributed by atoms with Crippen LogP contribution in [0.15, 0.2) is 30.3 Å². The fourth-order valence-electron chi connectivity index (χ4n) is 3.48. The van der Waals surface area contributed by atoms with Crippen LogP contribution in [0.4, 0.5) is 5.13 Å². The number of rotatable bonds is 3. The fraction of sp³-hybridized carbons (Fsp3) is 0.375. The third kappa shape index (κ3) is 1.86. The first-order valence-electron chi connectivity index (χ1n) is 7.13. The van der Waals surface area contributed by atoms with Gasteiger partial charge < -0.3 is 4.90 Å². The Morgan fingerprint density at radius 1 is 1.25 bits per heavy atom. The molecule has 2 fully saturated rings. The number of hydrogen-bond donors (Lipinski definition) is 0. The molecule has 1 aromatic carbocycles. The van der Waals surface area contributed by atoms with Crippen LogP contribution in [0.2, 0.25) is 0 Å². The lowest BCUT2D eigenvalue weighted by atomic mass is 10.1. The molecule has 0 N–H and O–H groups in total. The molecule has 1 saturated carbocycles. The standard InChI is InChI=1S/C16H16N2OS/c19-10-14-15(12-4-2-1-3-5-12)17-16(20-14)18-9-11-6-7-13(18)8-11/h1-5,10-11,13H,6-9H2. The van der Waals surface area contributed by atoms with E-state index in [1.165, 1.54) is 30.6 Å². The summed E-state index contributed by atoms with van der Waals surface area (Å²) in [7, 11) is 0. The van der Waals surface area contributed by atoms with Crippen LogP contribution >= 0.6 is 11.3 Å². The van der Waals surface area contributed by atoms with E-state index in [9.17, 15) is 4.79 Å². The molecule has 0 radical (unpaired) electrons. The summed E-state index contributed by atoms with van der Waals surface area (Å²) in [6.07, 6.45) is 4.88. The maximum absolute atomic E-state index is 11.3. The van der Waals surface area contributed by atoms with E-state index in [0.717, 1.165) is 40.0 Å². The van der Waals surface area contributed by atoms with Crippen molar-refractivity contribution in [3.8, 4) is 11.3 Å². The third-order valence-electron chi connectivity index (χ3n) is 4.45. The summed E-state index contributed by atoms with van der Waals surface area (Å²) >= 11 is 1.54. The SMILES string of the molecule is O=Cc1sc(N2CC3CCC2C3)nc1-c1ccccc1. The molecule has 1 saturated heterocycles. The van der Waals surface area contributed by atoms with Crippen molar-refractivity contribution in [3.63, 3.8) is 0 Å². The Morgan fingerprint density at radius 2 is 2.10 bits per heavy atom. The summed E-state index contributed by atoms with van der Waals surface area (Å²) in [6.45, 7) is 1.12. The number of carbonyl (C=O) groups excluding carboxylic acids is 1. The van der Waals surface area contributed by atoms with Gasteiger partial charge in [-0.05, 0) is 25.2 Å². The van der Waals surface area contributed by atoms with Crippen LogP contribution in [-0.4, -0.2) is 23.9 Å². The first-order valence-corrected chi connectivity index (χ1v) is 7.95. The second kappa shape index (κ2) is 4.70. The number of aromatic nitrogens is 1. The highest BCUT2D eigenvalue weighted by Crippen LogP contribution is 2.42. The van der Waals surface area contributed by atoms with Crippen molar-refractivity contribution in [1.29, 1.82) is 0 Å². The van der Waals surface area contributed by atoms with Crippen LogP contribution in [0.3, 0.4) is 0 Å². The minimum absolute atomic E-state index is 0.647. The van der Waals surface area contributed by atoms with E-state index in [1.807, 2.05) is 30.3 Å². The third-order valence-corrected chi connectivity index (χ3v) is 5.47. The zero-order chi connectivity index (χ0) is 13.5. The normalized spacial score (nSPS) is 24.3. The van der Waals surface area contributed by atoms with Gasteiger partial charge in [-0.3, -0.25) is 4.79 Å². The first kappa shape index (κ1) is 12.1. The molecule has 1 aliphatic heterocycles. The molecule has 1 aromatic heterocycles. The highest BCUT2D eigenvalue weighted by Gasteiger charge is 2.39. The number of aldehydes is 1. The maximum Gasteiger partial charge on any atom is 0.186 e.